The Hall–Kier alpha value is -3.54. The highest BCUT2D eigenvalue weighted by Crippen LogP contribution is 2.21. The highest BCUT2D eigenvalue weighted by Gasteiger charge is 2.05. The van der Waals surface area contributed by atoms with Crippen LogP contribution in [-0.2, 0) is 0 Å². The normalized spacial score (nSPS) is 10.3. The number of hydrogen-bond acceptors (Lipinski definition) is 3. The molecule has 7 N–H and O–H groups in total. The van der Waals surface area contributed by atoms with Crippen molar-refractivity contribution in [2.75, 3.05) is 16.4 Å². The van der Waals surface area contributed by atoms with Crippen LogP contribution in [0.25, 0.3) is 10.8 Å². The van der Waals surface area contributed by atoms with Crippen molar-refractivity contribution in [3.63, 3.8) is 0 Å². The summed E-state index contributed by atoms with van der Waals surface area (Å²) in [5.41, 5.74) is 13.7. The van der Waals surface area contributed by atoms with Gasteiger partial charge in [0.2, 0.25) is 0 Å². The molecule has 0 saturated heterocycles. The average molecular weight is 319 g/mol. The molecule has 0 atom stereocenters. The molecule has 0 aromatic heterocycles. The maximum absolute atomic E-state index is 12.0. The quantitative estimate of drug-likeness (QED) is 0.289. The predicted molar refractivity (Wildman–Crippen MR) is 98.5 cm³/mol. The van der Waals surface area contributed by atoms with Crippen LogP contribution in [0.5, 0.6) is 0 Å². The Morgan fingerprint density at radius 2 is 1.42 bits per heavy atom. The Balaban J connectivity index is 1.74. The number of amides is 2. The number of hydrogen-bond donors (Lipinski definition) is 5. The second kappa shape index (κ2) is 6.29. The van der Waals surface area contributed by atoms with Gasteiger partial charge < -0.3 is 22.1 Å². The van der Waals surface area contributed by atoms with Gasteiger partial charge >= 0.3 is 6.03 Å². The molecule has 0 unspecified atom stereocenters. The van der Waals surface area contributed by atoms with Crippen LogP contribution in [0.1, 0.15) is 5.56 Å². The molecule has 0 aliphatic heterocycles. The lowest BCUT2D eigenvalue weighted by Gasteiger charge is -2.09. The largest absolute Gasteiger partial charge is 0.399 e. The van der Waals surface area contributed by atoms with Crippen molar-refractivity contribution in [3.05, 3.63) is 66.2 Å². The van der Waals surface area contributed by atoms with E-state index in [9.17, 15) is 4.79 Å². The van der Waals surface area contributed by atoms with Crippen LogP contribution >= 0.6 is 0 Å². The molecular weight excluding hydrogens is 302 g/mol. The molecular formula is C18H17N5O. The molecule has 3 aromatic carbocycles. The van der Waals surface area contributed by atoms with Gasteiger partial charge in [-0.2, -0.15) is 0 Å². The molecule has 6 heteroatoms. The Morgan fingerprint density at radius 3 is 2.12 bits per heavy atom. The van der Waals surface area contributed by atoms with Gasteiger partial charge in [0.1, 0.15) is 5.84 Å². The van der Waals surface area contributed by atoms with E-state index in [1.807, 2.05) is 24.3 Å². The van der Waals surface area contributed by atoms with E-state index in [0.717, 1.165) is 10.8 Å². The minimum atomic E-state index is -0.334. The summed E-state index contributed by atoms with van der Waals surface area (Å²) in [5, 5.41) is 14.9. The Morgan fingerprint density at radius 1 is 0.833 bits per heavy atom. The summed E-state index contributed by atoms with van der Waals surface area (Å²) in [6.07, 6.45) is 0. The van der Waals surface area contributed by atoms with E-state index in [0.29, 0.717) is 22.6 Å². The summed E-state index contributed by atoms with van der Waals surface area (Å²) in [7, 11) is 0. The molecule has 0 aliphatic rings. The van der Waals surface area contributed by atoms with Crippen LogP contribution in [0.15, 0.2) is 60.7 Å². The van der Waals surface area contributed by atoms with Crippen LogP contribution in [0.2, 0.25) is 0 Å². The highest BCUT2D eigenvalue weighted by molar-refractivity contribution is 6.02. The number of carbonyl (C=O) groups is 1. The molecule has 0 spiro atoms. The van der Waals surface area contributed by atoms with E-state index < -0.39 is 0 Å². The van der Waals surface area contributed by atoms with Crippen LogP contribution in [0.4, 0.5) is 21.9 Å². The third-order valence-electron chi connectivity index (χ3n) is 3.58. The number of fused-ring (bicyclic) bond motifs is 1. The number of benzene rings is 3. The number of nitrogens with one attached hydrogen (secondary N) is 3. The van der Waals surface area contributed by atoms with Crippen molar-refractivity contribution < 1.29 is 4.79 Å². The fourth-order valence-corrected chi connectivity index (χ4v) is 2.35. The van der Waals surface area contributed by atoms with Crippen molar-refractivity contribution >= 4 is 39.7 Å². The predicted octanol–water partition coefficient (Wildman–Crippen LogP) is 3.35. The van der Waals surface area contributed by atoms with Gasteiger partial charge in [-0.1, -0.05) is 18.2 Å². The van der Waals surface area contributed by atoms with Crippen molar-refractivity contribution in [3.8, 4) is 0 Å². The number of nitrogens with two attached hydrogens (primary N) is 2. The molecule has 0 heterocycles. The lowest BCUT2D eigenvalue weighted by molar-refractivity contribution is 0.262. The number of rotatable bonds is 3. The molecule has 6 nitrogen and oxygen atoms in total. The van der Waals surface area contributed by atoms with E-state index in [-0.39, 0.29) is 11.9 Å². The minimum Gasteiger partial charge on any atom is -0.399 e. The molecule has 3 aromatic rings. The van der Waals surface area contributed by atoms with Crippen molar-refractivity contribution in [1.82, 2.24) is 0 Å². The van der Waals surface area contributed by atoms with Gasteiger partial charge in [0.25, 0.3) is 0 Å². The first-order valence-corrected chi connectivity index (χ1v) is 7.33. The lowest BCUT2D eigenvalue weighted by Crippen LogP contribution is -2.19. The van der Waals surface area contributed by atoms with E-state index in [4.69, 9.17) is 16.9 Å². The van der Waals surface area contributed by atoms with Gasteiger partial charge in [0.05, 0.1) is 0 Å². The fourth-order valence-electron chi connectivity index (χ4n) is 2.35. The molecule has 0 saturated carbocycles. The third-order valence-corrected chi connectivity index (χ3v) is 3.58. The Kier molecular flexibility index (Phi) is 4.03. The number of carbonyl (C=O) groups excluding carboxylic acids is 1. The van der Waals surface area contributed by atoms with Crippen molar-refractivity contribution in [2.45, 2.75) is 0 Å². The second-order valence-corrected chi connectivity index (χ2v) is 5.39. The van der Waals surface area contributed by atoms with Crippen LogP contribution in [-0.4, -0.2) is 11.9 Å². The van der Waals surface area contributed by atoms with Crippen LogP contribution in [0.3, 0.4) is 0 Å². The maximum Gasteiger partial charge on any atom is 0.323 e. The SMILES string of the molecule is N=C(N)c1ccc2cc(NC(=O)Nc3ccc(N)cc3)ccc2c1. The van der Waals surface area contributed by atoms with Gasteiger partial charge in [0, 0.05) is 22.6 Å². The summed E-state index contributed by atoms with van der Waals surface area (Å²) in [6, 6.07) is 17.6. The summed E-state index contributed by atoms with van der Waals surface area (Å²) < 4.78 is 0. The maximum atomic E-state index is 12.0. The van der Waals surface area contributed by atoms with E-state index in [2.05, 4.69) is 10.6 Å². The molecule has 24 heavy (non-hydrogen) atoms. The smallest absolute Gasteiger partial charge is 0.323 e. The van der Waals surface area contributed by atoms with E-state index in [1.54, 1.807) is 36.4 Å². The third kappa shape index (κ3) is 3.44. The fraction of sp³-hybridized carbons (Fsp3) is 0. The summed E-state index contributed by atoms with van der Waals surface area (Å²) in [5.74, 6) is 0.0296. The Bertz CT molecular complexity index is 918. The summed E-state index contributed by atoms with van der Waals surface area (Å²) >= 11 is 0. The minimum absolute atomic E-state index is 0.0296. The van der Waals surface area contributed by atoms with Gasteiger partial charge in [-0.3, -0.25) is 5.41 Å². The summed E-state index contributed by atoms with van der Waals surface area (Å²) in [6.45, 7) is 0. The van der Waals surface area contributed by atoms with E-state index >= 15 is 0 Å². The molecule has 2 amide bonds. The average Bonchev–Trinajstić information content (AvgIpc) is 2.56. The molecule has 3 rings (SSSR count). The first-order valence-electron chi connectivity index (χ1n) is 7.33. The number of anilines is 3. The number of nitrogen functional groups attached to an aromatic ring is 2. The molecule has 0 bridgehead atoms. The van der Waals surface area contributed by atoms with Gasteiger partial charge in [-0.05, 0) is 53.2 Å². The number of amidine groups is 1. The standard InChI is InChI=1S/C18H17N5O/c19-14-4-7-15(8-5-14)22-18(24)23-16-6-3-11-9-13(17(20)21)2-1-12(11)10-16/h1-10H,19H2,(H3,20,21)(H2,22,23,24). The molecule has 0 fully saturated rings. The topological polar surface area (TPSA) is 117 Å². The molecule has 0 aliphatic carbocycles. The lowest BCUT2D eigenvalue weighted by atomic mass is 10.1. The highest BCUT2D eigenvalue weighted by atomic mass is 16.2. The van der Waals surface area contributed by atoms with Crippen LogP contribution < -0.4 is 22.1 Å². The monoisotopic (exact) mass is 319 g/mol. The molecule has 0 radical (unpaired) electrons. The zero-order chi connectivity index (χ0) is 17.1. The van der Waals surface area contributed by atoms with Crippen LogP contribution in [0, 0.1) is 5.41 Å². The van der Waals surface area contributed by atoms with Gasteiger partial charge in [-0.15, -0.1) is 0 Å². The Labute approximate surface area is 139 Å². The van der Waals surface area contributed by atoms with Gasteiger partial charge in [0.15, 0.2) is 0 Å². The first kappa shape index (κ1) is 15.4. The molecule has 120 valence electrons. The summed E-state index contributed by atoms with van der Waals surface area (Å²) in [4.78, 5) is 12.0. The zero-order valence-corrected chi connectivity index (χ0v) is 12.8. The van der Waals surface area contributed by atoms with Crippen molar-refractivity contribution in [2.24, 2.45) is 5.73 Å². The second-order valence-electron chi connectivity index (χ2n) is 5.39. The number of urea groups is 1. The first-order chi connectivity index (χ1) is 11.5. The van der Waals surface area contributed by atoms with E-state index in [1.165, 1.54) is 0 Å². The zero-order valence-electron chi connectivity index (χ0n) is 12.8. The van der Waals surface area contributed by atoms with Crippen molar-refractivity contribution in [1.29, 1.82) is 5.41 Å². The van der Waals surface area contributed by atoms with Gasteiger partial charge in [-0.25, -0.2) is 4.79 Å².